The molecule has 0 spiro atoms. The van der Waals surface area contributed by atoms with Gasteiger partial charge in [0.25, 0.3) is 0 Å². The van der Waals surface area contributed by atoms with E-state index in [1.807, 2.05) is 0 Å². The molecule has 1 aliphatic rings. The summed E-state index contributed by atoms with van der Waals surface area (Å²) >= 11 is 0. The Morgan fingerprint density at radius 2 is 2.12 bits per heavy atom. The fraction of sp³-hybridized carbons (Fsp3) is 0.471. The highest BCUT2D eigenvalue weighted by molar-refractivity contribution is 5.23. The summed E-state index contributed by atoms with van der Waals surface area (Å²) in [6, 6.07) is 8.73. The Balaban J connectivity index is 1.53. The third-order valence-corrected chi connectivity index (χ3v) is 4.04. The molecule has 1 aromatic carbocycles. The van der Waals surface area contributed by atoms with Crippen molar-refractivity contribution in [3.63, 3.8) is 0 Å². The summed E-state index contributed by atoms with van der Waals surface area (Å²) in [6.07, 6.45) is 4.74. The predicted octanol–water partition coefficient (Wildman–Crippen LogP) is 3.11. The fourth-order valence-corrected chi connectivity index (χ4v) is 2.66. The van der Waals surface area contributed by atoms with Gasteiger partial charge in [-0.25, -0.2) is 0 Å². The third-order valence-electron chi connectivity index (χ3n) is 4.04. The van der Waals surface area contributed by atoms with Gasteiger partial charge in [0.05, 0.1) is 13.2 Å². The summed E-state index contributed by atoms with van der Waals surface area (Å²) in [4.78, 5) is 14.0. The molecular weight excluding hydrogens is 310 g/mol. The van der Waals surface area contributed by atoms with E-state index in [4.69, 9.17) is 9.47 Å². The van der Waals surface area contributed by atoms with Crippen LogP contribution in [0, 0.1) is 10.1 Å². The molecule has 24 heavy (non-hydrogen) atoms. The number of hydrogen-bond donors (Lipinski definition) is 0. The number of rotatable bonds is 7. The highest BCUT2D eigenvalue weighted by atomic mass is 16.6. The maximum absolute atomic E-state index is 10.7. The maximum Gasteiger partial charge on any atom is 0.414 e. The molecule has 0 fully saturated rings. The van der Waals surface area contributed by atoms with E-state index in [9.17, 15) is 10.1 Å². The smallest absolute Gasteiger partial charge is 0.414 e. The maximum atomic E-state index is 10.7. The van der Waals surface area contributed by atoms with Gasteiger partial charge in [-0.2, -0.15) is 0 Å². The fourth-order valence-electron chi connectivity index (χ4n) is 2.66. The molecule has 0 bridgehead atoms. The van der Waals surface area contributed by atoms with Gasteiger partial charge in [-0.05, 0) is 28.9 Å². The van der Waals surface area contributed by atoms with Crippen LogP contribution in [0.3, 0.4) is 0 Å². The van der Waals surface area contributed by atoms with Crippen molar-refractivity contribution in [2.75, 3.05) is 6.61 Å². The van der Waals surface area contributed by atoms with Gasteiger partial charge in [0.1, 0.15) is 18.9 Å². The van der Waals surface area contributed by atoms with Crippen LogP contribution < -0.4 is 4.74 Å². The molecule has 0 aliphatic carbocycles. The number of unbranched alkanes of at least 4 members (excludes halogenated alkanes) is 1. The second-order valence-electron chi connectivity index (χ2n) is 5.96. The van der Waals surface area contributed by atoms with Crippen LogP contribution in [0.2, 0.25) is 0 Å². The lowest BCUT2D eigenvalue weighted by Gasteiger charge is -2.22. The first kappa shape index (κ1) is 16.4. The number of nitro groups is 1. The molecule has 0 radical (unpaired) electrons. The highest BCUT2D eigenvalue weighted by Gasteiger charge is 2.28. The molecule has 1 atom stereocenters. The molecular formula is C17H21N3O4. The zero-order chi connectivity index (χ0) is 16.9. The second kappa shape index (κ2) is 7.44. The first-order valence-electron chi connectivity index (χ1n) is 8.19. The number of imidazole rings is 1. The average Bonchev–Trinajstić information content (AvgIpc) is 3.02. The van der Waals surface area contributed by atoms with Crippen LogP contribution in [-0.2, 0) is 24.3 Å². The Hall–Kier alpha value is -2.41. The van der Waals surface area contributed by atoms with E-state index in [2.05, 4.69) is 36.2 Å². The summed E-state index contributed by atoms with van der Waals surface area (Å²) in [6.45, 7) is 3.54. The first-order chi connectivity index (χ1) is 11.7. The molecule has 0 unspecified atom stereocenters. The Morgan fingerprint density at radius 1 is 1.38 bits per heavy atom. The van der Waals surface area contributed by atoms with Crippen LogP contribution >= 0.6 is 0 Å². The van der Waals surface area contributed by atoms with Crippen molar-refractivity contribution in [3.8, 4) is 6.01 Å². The molecule has 0 saturated heterocycles. The molecule has 1 aromatic heterocycles. The van der Waals surface area contributed by atoms with E-state index >= 15 is 0 Å². The van der Waals surface area contributed by atoms with E-state index in [1.54, 1.807) is 4.57 Å². The summed E-state index contributed by atoms with van der Waals surface area (Å²) in [7, 11) is 0. The summed E-state index contributed by atoms with van der Waals surface area (Å²) in [5.41, 5.74) is 2.45. The van der Waals surface area contributed by atoms with Crippen LogP contribution in [0.5, 0.6) is 6.01 Å². The Bertz CT molecular complexity index is 696. The van der Waals surface area contributed by atoms with Gasteiger partial charge in [-0.3, -0.25) is 4.57 Å². The van der Waals surface area contributed by atoms with Crippen molar-refractivity contribution in [2.45, 2.75) is 45.4 Å². The Labute approximate surface area is 140 Å². The molecule has 2 heterocycles. The predicted molar refractivity (Wildman–Crippen MR) is 88.0 cm³/mol. The first-order valence-corrected chi connectivity index (χ1v) is 8.19. The van der Waals surface area contributed by atoms with Crippen LogP contribution in [0.4, 0.5) is 5.82 Å². The lowest BCUT2D eigenvalue weighted by atomic mass is 10.1. The summed E-state index contributed by atoms with van der Waals surface area (Å²) in [5, 5.41) is 10.7. The molecule has 2 aromatic rings. The van der Waals surface area contributed by atoms with Crippen molar-refractivity contribution in [3.05, 3.63) is 51.7 Å². The number of ether oxygens (including phenoxy) is 2. The minimum absolute atomic E-state index is 0.147. The number of hydrogen-bond acceptors (Lipinski definition) is 5. The highest BCUT2D eigenvalue weighted by Crippen LogP contribution is 2.22. The largest absolute Gasteiger partial charge is 0.443 e. The number of fused-ring (bicyclic) bond motifs is 1. The summed E-state index contributed by atoms with van der Waals surface area (Å²) < 4.78 is 12.9. The normalized spacial score (nSPS) is 16.5. The zero-order valence-corrected chi connectivity index (χ0v) is 13.7. The van der Waals surface area contributed by atoms with E-state index < -0.39 is 4.92 Å². The monoisotopic (exact) mass is 331 g/mol. The number of aromatic nitrogens is 2. The minimum atomic E-state index is -0.523. The van der Waals surface area contributed by atoms with Crippen molar-refractivity contribution < 1.29 is 14.4 Å². The van der Waals surface area contributed by atoms with Gasteiger partial charge in [-0.1, -0.05) is 37.6 Å². The SMILES string of the molecule is CCCCc1ccc(CO[C@@H]2COc3nc([N+](=O)[O-])cn3C2)cc1. The molecule has 0 saturated carbocycles. The van der Waals surface area contributed by atoms with Crippen LogP contribution in [0.25, 0.3) is 0 Å². The molecule has 3 rings (SSSR count). The Morgan fingerprint density at radius 3 is 2.83 bits per heavy atom. The quantitative estimate of drug-likeness (QED) is 0.575. The van der Waals surface area contributed by atoms with Crippen molar-refractivity contribution in [2.24, 2.45) is 0 Å². The summed E-state index contributed by atoms with van der Waals surface area (Å²) in [5.74, 6) is -0.201. The van der Waals surface area contributed by atoms with E-state index in [-0.39, 0.29) is 17.9 Å². The van der Waals surface area contributed by atoms with Gasteiger partial charge in [-0.15, -0.1) is 0 Å². The minimum Gasteiger partial charge on any atom is -0.443 e. The zero-order valence-electron chi connectivity index (χ0n) is 13.7. The molecule has 0 amide bonds. The van der Waals surface area contributed by atoms with Crippen LogP contribution in [0.15, 0.2) is 30.5 Å². The van der Waals surface area contributed by atoms with Crippen LogP contribution in [-0.4, -0.2) is 27.2 Å². The van der Waals surface area contributed by atoms with E-state index in [0.29, 0.717) is 19.8 Å². The lowest BCUT2D eigenvalue weighted by Crippen LogP contribution is -2.32. The van der Waals surface area contributed by atoms with Gasteiger partial charge in [0.15, 0.2) is 0 Å². The average molecular weight is 331 g/mol. The van der Waals surface area contributed by atoms with E-state index in [1.165, 1.54) is 24.6 Å². The molecule has 7 heteroatoms. The molecule has 0 N–H and O–H groups in total. The number of aryl methyl sites for hydroxylation is 1. The van der Waals surface area contributed by atoms with Crippen molar-refractivity contribution >= 4 is 5.82 Å². The number of nitrogens with zero attached hydrogens (tertiary/aromatic N) is 3. The molecule has 1 aliphatic heterocycles. The van der Waals surface area contributed by atoms with Crippen LogP contribution in [0.1, 0.15) is 30.9 Å². The van der Waals surface area contributed by atoms with Gasteiger partial charge < -0.3 is 19.6 Å². The third kappa shape index (κ3) is 3.91. The van der Waals surface area contributed by atoms with E-state index in [0.717, 1.165) is 12.0 Å². The second-order valence-corrected chi connectivity index (χ2v) is 5.96. The lowest BCUT2D eigenvalue weighted by molar-refractivity contribution is -0.389. The number of benzene rings is 1. The standard InChI is InChI=1S/C17H21N3O4/c1-2-3-4-13-5-7-14(8-6-13)11-23-15-9-19-10-16(20(21)22)18-17(19)24-12-15/h5-8,10,15H,2-4,9,11-12H2,1H3/t15-/m0/s1. The van der Waals surface area contributed by atoms with Crippen molar-refractivity contribution in [1.29, 1.82) is 0 Å². The van der Waals surface area contributed by atoms with Gasteiger partial charge in [0, 0.05) is 4.98 Å². The topological polar surface area (TPSA) is 79.4 Å². The molecule has 128 valence electrons. The van der Waals surface area contributed by atoms with Crippen molar-refractivity contribution in [1.82, 2.24) is 9.55 Å². The Kier molecular flexibility index (Phi) is 5.10. The molecule has 7 nitrogen and oxygen atoms in total. The van der Waals surface area contributed by atoms with Gasteiger partial charge >= 0.3 is 11.8 Å². The van der Waals surface area contributed by atoms with Gasteiger partial charge in [0.2, 0.25) is 0 Å².